The minimum Gasteiger partial charge on any atom is -0.240 e. The average Bonchev–Trinajstić information content (AvgIpc) is 1.98. The molecule has 0 aromatic heterocycles. The fraction of sp³-hybridized carbons (Fsp3) is 1.00. The normalized spacial score (nSPS) is 52.0. The van der Waals surface area contributed by atoms with Crippen LogP contribution in [0.3, 0.4) is 0 Å². The SMILES string of the molecule is FC1SC(F)C(F)C1F. The summed E-state index contributed by atoms with van der Waals surface area (Å²) in [6.07, 6.45) is -4.57. The summed E-state index contributed by atoms with van der Waals surface area (Å²) in [5.74, 6) is 0. The summed E-state index contributed by atoms with van der Waals surface area (Å²) in [5, 5.41) is 0. The van der Waals surface area contributed by atoms with Crippen molar-refractivity contribution in [2.45, 2.75) is 23.4 Å². The number of halogens is 4. The molecule has 0 nitrogen and oxygen atoms in total. The van der Waals surface area contributed by atoms with E-state index in [4.69, 9.17) is 0 Å². The lowest BCUT2D eigenvalue weighted by Crippen LogP contribution is -2.20. The molecule has 1 aliphatic rings. The lowest BCUT2D eigenvalue weighted by atomic mass is 10.3. The van der Waals surface area contributed by atoms with Gasteiger partial charge < -0.3 is 0 Å². The van der Waals surface area contributed by atoms with Crippen molar-refractivity contribution >= 4 is 11.8 Å². The third-order valence-electron chi connectivity index (χ3n) is 1.06. The van der Waals surface area contributed by atoms with Gasteiger partial charge in [-0.3, -0.25) is 0 Å². The van der Waals surface area contributed by atoms with Gasteiger partial charge in [-0.2, -0.15) is 0 Å². The molecule has 0 radical (unpaired) electrons. The van der Waals surface area contributed by atoms with Crippen molar-refractivity contribution in [3.05, 3.63) is 0 Å². The second-order valence-corrected chi connectivity index (χ2v) is 2.90. The number of rotatable bonds is 0. The molecule has 0 bridgehead atoms. The minimum absolute atomic E-state index is 0.0532. The summed E-state index contributed by atoms with van der Waals surface area (Å²) in [5.41, 5.74) is -4.06. The molecule has 9 heavy (non-hydrogen) atoms. The van der Waals surface area contributed by atoms with E-state index in [0.717, 1.165) is 0 Å². The van der Waals surface area contributed by atoms with E-state index in [1.807, 2.05) is 0 Å². The Kier molecular flexibility index (Phi) is 1.88. The molecule has 1 heterocycles. The quantitative estimate of drug-likeness (QED) is 0.488. The van der Waals surface area contributed by atoms with Gasteiger partial charge >= 0.3 is 0 Å². The fourth-order valence-electron chi connectivity index (χ4n) is 0.563. The van der Waals surface area contributed by atoms with Crippen molar-refractivity contribution in [3.8, 4) is 0 Å². The van der Waals surface area contributed by atoms with E-state index in [9.17, 15) is 17.6 Å². The molecule has 4 atom stereocenters. The first kappa shape index (κ1) is 7.18. The van der Waals surface area contributed by atoms with Crippen LogP contribution in [0.4, 0.5) is 17.6 Å². The topological polar surface area (TPSA) is 0 Å². The van der Waals surface area contributed by atoms with Crippen molar-refractivity contribution in [2.24, 2.45) is 0 Å². The second kappa shape index (κ2) is 2.36. The molecule has 0 N–H and O–H groups in total. The van der Waals surface area contributed by atoms with Crippen LogP contribution < -0.4 is 0 Å². The van der Waals surface area contributed by atoms with Crippen molar-refractivity contribution in [1.82, 2.24) is 0 Å². The first-order valence-corrected chi connectivity index (χ1v) is 3.29. The highest BCUT2D eigenvalue weighted by Gasteiger charge is 2.46. The predicted octanol–water partition coefficient (Wildman–Crippen LogP) is 2.00. The zero-order chi connectivity index (χ0) is 7.02. The Labute approximate surface area is 53.6 Å². The van der Waals surface area contributed by atoms with Gasteiger partial charge in [0.15, 0.2) is 23.4 Å². The molecule has 0 aliphatic carbocycles. The molecule has 1 aliphatic heterocycles. The Morgan fingerprint density at radius 1 is 0.778 bits per heavy atom. The average molecular weight is 160 g/mol. The third kappa shape index (κ3) is 1.15. The largest absolute Gasteiger partial charge is 0.240 e. The molecule has 0 saturated carbocycles. The Balaban J connectivity index is 2.54. The van der Waals surface area contributed by atoms with E-state index in [1.54, 1.807) is 0 Å². The molecule has 1 fully saturated rings. The highest BCUT2D eigenvalue weighted by atomic mass is 32.2. The van der Waals surface area contributed by atoms with Crippen LogP contribution in [0.1, 0.15) is 0 Å². The number of alkyl halides is 4. The summed E-state index contributed by atoms with van der Waals surface area (Å²) < 4.78 is 47.8. The minimum atomic E-state index is -2.29. The first-order chi connectivity index (χ1) is 4.13. The van der Waals surface area contributed by atoms with Gasteiger partial charge in [0.05, 0.1) is 0 Å². The molecular formula is C4H4F4S. The molecule has 1 saturated heterocycles. The van der Waals surface area contributed by atoms with E-state index < -0.39 is 23.4 Å². The molecular weight excluding hydrogens is 156 g/mol. The summed E-state index contributed by atoms with van der Waals surface area (Å²) in [6.45, 7) is 0. The molecule has 0 aromatic rings. The van der Waals surface area contributed by atoms with Crippen LogP contribution in [0, 0.1) is 0 Å². The number of thioether (sulfide) groups is 1. The molecule has 0 aromatic carbocycles. The standard InChI is InChI=1S/C4H4F4S/c5-1-2(6)4(8)9-3(1)7/h1-4H. The molecule has 4 unspecified atom stereocenters. The number of hydrogen-bond donors (Lipinski definition) is 0. The monoisotopic (exact) mass is 160 g/mol. The van der Waals surface area contributed by atoms with Gasteiger partial charge in [0, 0.05) is 0 Å². The maximum Gasteiger partial charge on any atom is 0.182 e. The Hall–Kier alpha value is 0.0700. The summed E-state index contributed by atoms with van der Waals surface area (Å²) in [4.78, 5) is 0. The molecule has 54 valence electrons. The number of hydrogen-bond acceptors (Lipinski definition) is 1. The van der Waals surface area contributed by atoms with Gasteiger partial charge in [-0.05, 0) is 0 Å². The maximum absolute atomic E-state index is 12.0. The van der Waals surface area contributed by atoms with E-state index in [-0.39, 0.29) is 11.8 Å². The first-order valence-electron chi connectivity index (χ1n) is 2.34. The Morgan fingerprint density at radius 2 is 1.11 bits per heavy atom. The third-order valence-corrected chi connectivity index (χ3v) is 2.10. The van der Waals surface area contributed by atoms with Crippen LogP contribution in [0.2, 0.25) is 0 Å². The molecule has 0 spiro atoms. The fourth-order valence-corrected chi connectivity index (χ4v) is 1.41. The van der Waals surface area contributed by atoms with Crippen LogP contribution in [-0.2, 0) is 0 Å². The van der Waals surface area contributed by atoms with E-state index in [1.165, 1.54) is 0 Å². The van der Waals surface area contributed by atoms with Gasteiger partial charge in [0.1, 0.15) is 0 Å². The summed E-state index contributed by atoms with van der Waals surface area (Å²) in [6, 6.07) is 0. The molecule has 0 amide bonds. The highest BCUT2D eigenvalue weighted by molar-refractivity contribution is 8.00. The van der Waals surface area contributed by atoms with Gasteiger partial charge in [-0.15, -0.1) is 0 Å². The lowest BCUT2D eigenvalue weighted by Gasteiger charge is -2.01. The van der Waals surface area contributed by atoms with Gasteiger partial charge in [0.2, 0.25) is 0 Å². The van der Waals surface area contributed by atoms with E-state index in [0.29, 0.717) is 0 Å². The van der Waals surface area contributed by atoms with Gasteiger partial charge in [0.25, 0.3) is 0 Å². The smallest absolute Gasteiger partial charge is 0.182 e. The van der Waals surface area contributed by atoms with E-state index >= 15 is 0 Å². The molecule has 1 rings (SSSR count). The van der Waals surface area contributed by atoms with Crippen LogP contribution >= 0.6 is 11.8 Å². The van der Waals surface area contributed by atoms with Crippen molar-refractivity contribution in [3.63, 3.8) is 0 Å². The van der Waals surface area contributed by atoms with Crippen molar-refractivity contribution < 1.29 is 17.6 Å². The zero-order valence-corrected chi connectivity index (χ0v) is 5.05. The molecule has 5 heteroatoms. The van der Waals surface area contributed by atoms with E-state index in [2.05, 4.69) is 0 Å². The summed E-state index contributed by atoms with van der Waals surface area (Å²) in [7, 11) is 0. The van der Waals surface area contributed by atoms with Crippen molar-refractivity contribution in [2.75, 3.05) is 0 Å². The van der Waals surface area contributed by atoms with Crippen molar-refractivity contribution in [1.29, 1.82) is 0 Å². The Bertz CT molecular complexity index is 96.7. The predicted molar refractivity (Wildman–Crippen MR) is 27.2 cm³/mol. The second-order valence-electron chi connectivity index (χ2n) is 1.73. The summed E-state index contributed by atoms with van der Waals surface area (Å²) >= 11 is 0.0532. The van der Waals surface area contributed by atoms with Crippen LogP contribution in [0.15, 0.2) is 0 Å². The lowest BCUT2D eigenvalue weighted by molar-refractivity contribution is 0.111. The maximum atomic E-state index is 12.0. The van der Waals surface area contributed by atoms with Crippen LogP contribution in [-0.4, -0.2) is 23.4 Å². The Morgan fingerprint density at radius 3 is 1.22 bits per heavy atom. The van der Waals surface area contributed by atoms with Gasteiger partial charge in [-0.25, -0.2) is 17.6 Å². The zero-order valence-electron chi connectivity index (χ0n) is 4.23. The highest BCUT2D eigenvalue weighted by Crippen LogP contribution is 2.39. The van der Waals surface area contributed by atoms with Crippen LogP contribution in [0.5, 0.6) is 0 Å². The van der Waals surface area contributed by atoms with Crippen LogP contribution in [0.25, 0.3) is 0 Å². The van der Waals surface area contributed by atoms with Gasteiger partial charge in [-0.1, -0.05) is 11.8 Å².